The lowest BCUT2D eigenvalue weighted by Crippen LogP contribution is -2.16. The first-order chi connectivity index (χ1) is 14.1. The van der Waals surface area contributed by atoms with Crippen LogP contribution in [0.15, 0.2) is 47.6 Å². The maximum absolute atomic E-state index is 12.6. The lowest BCUT2D eigenvalue weighted by molar-refractivity contribution is 0.102. The van der Waals surface area contributed by atoms with Crippen LogP contribution in [0.5, 0.6) is 17.2 Å². The van der Waals surface area contributed by atoms with E-state index in [1.165, 1.54) is 11.8 Å². The summed E-state index contributed by atoms with van der Waals surface area (Å²) in [4.78, 5) is 12.6. The first-order valence-electron chi connectivity index (χ1n) is 8.93. The average Bonchev–Trinajstić information content (AvgIpc) is 3.10. The Balaban J connectivity index is 1.36. The number of carbonyl (C=O) groups is 1. The Hall–Kier alpha value is -2.71. The summed E-state index contributed by atoms with van der Waals surface area (Å²) >= 11 is 7.42. The molecule has 1 aliphatic rings. The molecule has 0 unspecified atom stereocenters. The van der Waals surface area contributed by atoms with Crippen LogP contribution < -0.4 is 14.2 Å². The first-order valence-corrected chi connectivity index (χ1v) is 10.3. The van der Waals surface area contributed by atoms with E-state index in [4.69, 9.17) is 25.8 Å². The van der Waals surface area contributed by atoms with Crippen LogP contribution in [0.2, 0.25) is 5.02 Å². The van der Waals surface area contributed by atoms with E-state index in [0.717, 1.165) is 0 Å². The molecule has 0 saturated carbocycles. The number of benzene rings is 2. The number of halogens is 1. The fraction of sp³-hybridized carbons (Fsp3) is 0.250. The molecule has 4 rings (SSSR count). The maximum Gasteiger partial charge on any atom is 0.191 e. The molecule has 29 heavy (non-hydrogen) atoms. The van der Waals surface area contributed by atoms with Gasteiger partial charge in [0.1, 0.15) is 25.6 Å². The number of ketones is 1. The van der Waals surface area contributed by atoms with Crippen molar-refractivity contribution in [2.24, 2.45) is 7.05 Å². The molecule has 3 aromatic rings. The number of nitrogens with zero attached hydrogens (tertiary/aromatic N) is 3. The second-order valence-corrected chi connectivity index (χ2v) is 7.60. The minimum absolute atomic E-state index is 0.0242. The van der Waals surface area contributed by atoms with Crippen molar-refractivity contribution in [3.05, 3.63) is 58.9 Å². The van der Waals surface area contributed by atoms with Crippen LogP contribution >= 0.6 is 23.4 Å². The SMILES string of the molecule is Cn1c(COc2ccccc2Cl)nnc1SCC(=O)c1ccc2c(c1)OCCO2. The predicted molar refractivity (Wildman–Crippen MR) is 109 cm³/mol. The molecule has 0 aliphatic carbocycles. The lowest BCUT2D eigenvalue weighted by Gasteiger charge is -2.18. The Morgan fingerprint density at radius 1 is 1.17 bits per heavy atom. The quantitative estimate of drug-likeness (QED) is 0.416. The van der Waals surface area contributed by atoms with Crippen LogP contribution in [0.3, 0.4) is 0 Å². The zero-order valence-electron chi connectivity index (χ0n) is 15.6. The van der Waals surface area contributed by atoms with Gasteiger partial charge in [-0.2, -0.15) is 0 Å². The van der Waals surface area contributed by atoms with Gasteiger partial charge >= 0.3 is 0 Å². The number of thioether (sulfide) groups is 1. The van der Waals surface area contributed by atoms with E-state index in [9.17, 15) is 4.79 Å². The maximum atomic E-state index is 12.6. The van der Waals surface area contributed by atoms with Gasteiger partial charge in [0.25, 0.3) is 0 Å². The van der Waals surface area contributed by atoms with E-state index in [2.05, 4.69) is 10.2 Å². The molecule has 0 spiro atoms. The van der Waals surface area contributed by atoms with Gasteiger partial charge in [-0.25, -0.2) is 0 Å². The minimum atomic E-state index is -0.0242. The predicted octanol–water partition coefficient (Wildman–Crippen LogP) is 3.79. The molecule has 2 heterocycles. The van der Waals surface area contributed by atoms with Crippen molar-refractivity contribution in [2.45, 2.75) is 11.8 Å². The number of rotatable bonds is 7. The highest BCUT2D eigenvalue weighted by molar-refractivity contribution is 7.99. The summed E-state index contributed by atoms with van der Waals surface area (Å²) in [5.74, 6) is 2.70. The molecule has 0 atom stereocenters. The molecular formula is C20H18ClN3O4S. The normalized spacial score (nSPS) is 12.6. The van der Waals surface area contributed by atoms with E-state index in [1.54, 1.807) is 34.9 Å². The van der Waals surface area contributed by atoms with E-state index < -0.39 is 0 Å². The van der Waals surface area contributed by atoms with Gasteiger partial charge in [0.15, 0.2) is 28.3 Å². The van der Waals surface area contributed by atoms with Crippen LogP contribution in [0.25, 0.3) is 0 Å². The molecular weight excluding hydrogens is 414 g/mol. The standard InChI is InChI=1S/C20H18ClN3O4S/c1-24-19(11-28-16-5-3-2-4-14(16)21)22-23-20(24)29-12-15(25)13-6-7-17-18(10-13)27-9-8-26-17/h2-7,10H,8-9,11-12H2,1H3. The topological polar surface area (TPSA) is 75.5 Å². The van der Waals surface area contributed by atoms with Crippen molar-refractivity contribution in [1.29, 1.82) is 0 Å². The second kappa shape index (κ2) is 8.75. The third kappa shape index (κ3) is 4.49. The Morgan fingerprint density at radius 2 is 1.97 bits per heavy atom. The molecule has 0 N–H and O–H groups in total. The Labute approximate surface area is 176 Å². The van der Waals surface area contributed by atoms with Crippen molar-refractivity contribution in [3.8, 4) is 17.2 Å². The zero-order chi connectivity index (χ0) is 20.2. The van der Waals surface area contributed by atoms with Gasteiger partial charge < -0.3 is 18.8 Å². The number of ether oxygens (including phenoxy) is 3. The average molecular weight is 432 g/mol. The van der Waals surface area contributed by atoms with E-state index >= 15 is 0 Å². The number of para-hydroxylation sites is 1. The van der Waals surface area contributed by atoms with E-state index in [-0.39, 0.29) is 18.1 Å². The smallest absolute Gasteiger partial charge is 0.191 e. The van der Waals surface area contributed by atoms with Crippen LogP contribution in [-0.2, 0) is 13.7 Å². The molecule has 0 saturated heterocycles. The number of carbonyl (C=O) groups excluding carboxylic acids is 1. The van der Waals surface area contributed by atoms with Gasteiger partial charge in [0.2, 0.25) is 0 Å². The van der Waals surface area contributed by atoms with E-state index in [0.29, 0.717) is 52.0 Å². The number of hydrogen-bond donors (Lipinski definition) is 0. The summed E-state index contributed by atoms with van der Waals surface area (Å²) in [6.45, 7) is 1.23. The first kappa shape index (κ1) is 19.6. The molecule has 0 amide bonds. The van der Waals surface area contributed by atoms with Gasteiger partial charge in [-0.15, -0.1) is 10.2 Å². The third-order valence-electron chi connectivity index (χ3n) is 4.32. The minimum Gasteiger partial charge on any atom is -0.486 e. The van der Waals surface area contributed by atoms with Crippen LogP contribution in [0, 0.1) is 0 Å². The van der Waals surface area contributed by atoms with Crippen LogP contribution in [0.4, 0.5) is 0 Å². The van der Waals surface area contributed by atoms with Gasteiger partial charge in [-0.05, 0) is 30.3 Å². The van der Waals surface area contributed by atoms with Crippen molar-refractivity contribution < 1.29 is 19.0 Å². The number of Topliss-reactive ketones (excluding diaryl/α,β-unsaturated/α-hetero) is 1. The van der Waals surface area contributed by atoms with Gasteiger partial charge in [0.05, 0.1) is 10.8 Å². The summed E-state index contributed by atoms with van der Waals surface area (Å²) in [7, 11) is 1.84. The van der Waals surface area contributed by atoms with Crippen molar-refractivity contribution in [2.75, 3.05) is 19.0 Å². The molecule has 0 bridgehead atoms. The third-order valence-corrected chi connectivity index (χ3v) is 5.65. The number of aromatic nitrogens is 3. The van der Waals surface area contributed by atoms with E-state index in [1.807, 2.05) is 19.2 Å². The molecule has 0 fully saturated rings. The fourth-order valence-corrected chi connectivity index (χ4v) is 3.75. The Morgan fingerprint density at radius 3 is 2.79 bits per heavy atom. The van der Waals surface area contributed by atoms with Gasteiger partial charge in [-0.3, -0.25) is 4.79 Å². The highest BCUT2D eigenvalue weighted by Gasteiger charge is 2.17. The Bertz CT molecular complexity index is 1040. The molecule has 7 nitrogen and oxygen atoms in total. The zero-order valence-corrected chi connectivity index (χ0v) is 17.2. The molecule has 2 aromatic carbocycles. The second-order valence-electron chi connectivity index (χ2n) is 6.25. The highest BCUT2D eigenvalue weighted by Crippen LogP contribution is 2.31. The lowest BCUT2D eigenvalue weighted by atomic mass is 10.1. The summed E-state index contributed by atoms with van der Waals surface area (Å²) in [5, 5.41) is 9.47. The number of fused-ring (bicyclic) bond motifs is 1. The monoisotopic (exact) mass is 431 g/mol. The Kier molecular flexibility index (Phi) is 5.92. The fourth-order valence-electron chi connectivity index (χ4n) is 2.73. The van der Waals surface area contributed by atoms with Gasteiger partial charge in [0, 0.05) is 12.6 Å². The summed E-state index contributed by atoms with van der Waals surface area (Å²) < 4.78 is 18.5. The molecule has 1 aromatic heterocycles. The van der Waals surface area contributed by atoms with Crippen molar-refractivity contribution in [1.82, 2.24) is 14.8 Å². The van der Waals surface area contributed by atoms with Crippen LogP contribution in [0.1, 0.15) is 16.2 Å². The molecule has 1 aliphatic heterocycles. The highest BCUT2D eigenvalue weighted by atomic mass is 35.5. The van der Waals surface area contributed by atoms with Crippen LogP contribution in [-0.4, -0.2) is 39.5 Å². The van der Waals surface area contributed by atoms with Gasteiger partial charge in [-0.1, -0.05) is 35.5 Å². The molecule has 9 heteroatoms. The summed E-state index contributed by atoms with van der Waals surface area (Å²) in [6, 6.07) is 12.5. The van der Waals surface area contributed by atoms with Crippen molar-refractivity contribution >= 4 is 29.1 Å². The molecule has 150 valence electrons. The van der Waals surface area contributed by atoms with Crippen molar-refractivity contribution in [3.63, 3.8) is 0 Å². The largest absolute Gasteiger partial charge is 0.486 e. The molecule has 0 radical (unpaired) electrons. The summed E-state index contributed by atoms with van der Waals surface area (Å²) in [5.41, 5.74) is 0.575. The summed E-state index contributed by atoms with van der Waals surface area (Å²) in [6.07, 6.45) is 0. The number of hydrogen-bond acceptors (Lipinski definition) is 7.